The van der Waals surface area contributed by atoms with E-state index in [2.05, 4.69) is 40.8 Å². The van der Waals surface area contributed by atoms with Gasteiger partial charge in [-0.2, -0.15) is 0 Å². The van der Waals surface area contributed by atoms with E-state index in [1.165, 1.54) is 57.8 Å². The van der Waals surface area contributed by atoms with Gasteiger partial charge >= 0.3 is 0 Å². The van der Waals surface area contributed by atoms with E-state index >= 15 is 0 Å². The van der Waals surface area contributed by atoms with E-state index in [1.54, 1.807) is 0 Å². The third kappa shape index (κ3) is 5.59. The van der Waals surface area contributed by atoms with Crippen molar-refractivity contribution < 1.29 is 4.43 Å². The van der Waals surface area contributed by atoms with Gasteiger partial charge in [-0.15, -0.1) is 0 Å². The first kappa shape index (κ1) is 17.2. The highest BCUT2D eigenvalue weighted by atomic mass is 28.4. The molecule has 1 fully saturated rings. The van der Waals surface area contributed by atoms with Crippen molar-refractivity contribution in [1.29, 1.82) is 0 Å². The zero-order chi connectivity index (χ0) is 14.6. The van der Waals surface area contributed by atoms with Crippen molar-refractivity contribution in [2.45, 2.75) is 109 Å². The standard InChI is InChI=1S/C17H36OSi/c1-16(2)14-12-10-8-7-9-11-13-15-17(3,4)19(5,6)18-16/h7-15H2,1-6H3. The monoisotopic (exact) mass is 284 g/mol. The van der Waals surface area contributed by atoms with Gasteiger partial charge in [-0.3, -0.25) is 0 Å². The molecule has 1 saturated heterocycles. The van der Waals surface area contributed by atoms with E-state index in [4.69, 9.17) is 4.43 Å². The highest BCUT2D eigenvalue weighted by Gasteiger charge is 2.43. The van der Waals surface area contributed by atoms with E-state index in [9.17, 15) is 0 Å². The van der Waals surface area contributed by atoms with Gasteiger partial charge in [0.2, 0.25) is 0 Å². The van der Waals surface area contributed by atoms with Crippen LogP contribution in [0.1, 0.15) is 85.5 Å². The third-order valence-corrected chi connectivity index (χ3v) is 9.81. The number of hydrogen-bond donors (Lipinski definition) is 0. The van der Waals surface area contributed by atoms with Crippen LogP contribution in [0.2, 0.25) is 18.1 Å². The molecule has 1 nitrogen and oxygen atoms in total. The molecule has 0 atom stereocenters. The van der Waals surface area contributed by atoms with Crippen LogP contribution in [-0.4, -0.2) is 13.9 Å². The Morgan fingerprint density at radius 3 is 1.63 bits per heavy atom. The molecule has 1 heterocycles. The second-order valence-corrected chi connectivity index (χ2v) is 12.8. The van der Waals surface area contributed by atoms with E-state index in [-0.39, 0.29) is 5.60 Å². The molecule has 0 spiro atoms. The summed E-state index contributed by atoms with van der Waals surface area (Å²) in [5, 5.41) is 0.387. The number of rotatable bonds is 0. The predicted octanol–water partition coefficient (Wildman–Crippen LogP) is 6.29. The van der Waals surface area contributed by atoms with E-state index in [0.717, 1.165) is 0 Å². The Morgan fingerprint density at radius 2 is 1.11 bits per heavy atom. The minimum absolute atomic E-state index is 0.0705. The smallest absolute Gasteiger partial charge is 0.193 e. The molecular weight excluding hydrogens is 248 g/mol. The summed E-state index contributed by atoms with van der Waals surface area (Å²) in [7, 11) is -1.65. The molecule has 0 saturated carbocycles. The Balaban J connectivity index is 2.76. The van der Waals surface area contributed by atoms with Gasteiger partial charge in [0.15, 0.2) is 8.32 Å². The van der Waals surface area contributed by atoms with Gasteiger partial charge in [0.05, 0.1) is 5.60 Å². The molecule has 0 aromatic heterocycles. The fourth-order valence-electron chi connectivity index (χ4n) is 3.18. The van der Waals surface area contributed by atoms with Crippen molar-refractivity contribution in [3.05, 3.63) is 0 Å². The molecular formula is C17H36OSi. The van der Waals surface area contributed by atoms with Crippen LogP contribution in [0.5, 0.6) is 0 Å². The lowest BCUT2D eigenvalue weighted by Crippen LogP contribution is -2.48. The average Bonchev–Trinajstić information content (AvgIpc) is 2.24. The summed E-state index contributed by atoms with van der Waals surface area (Å²) in [5.41, 5.74) is 0.0705. The normalized spacial score (nSPS) is 28.7. The summed E-state index contributed by atoms with van der Waals surface area (Å²) < 4.78 is 6.69. The maximum absolute atomic E-state index is 6.69. The maximum atomic E-state index is 6.69. The molecule has 0 aliphatic carbocycles. The van der Waals surface area contributed by atoms with Gasteiger partial charge < -0.3 is 4.43 Å². The molecule has 0 amide bonds. The van der Waals surface area contributed by atoms with Crippen LogP contribution < -0.4 is 0 Å². The minimum atomic E-state index is -1.65. The van der Waals surface area contributed by atoms with Crippen LogP contribution in [0.15, 0.2) is 0 Å². The van der Waals surface area contributed by atoms with Crippen molar-refractivity contribution in [2.75, 3.05) is 0 Å². The fraction of sp³-hybridized carbons (Fsp3) is 1.00. The minimum Gasteiger partial charge on any atom is -0.412 e. The van der Waals surface area contributed by atoms with Crippen LogP contribution >= 0.6 is 0 Å². The number of hydrogen-bond acceptors (Lipinski definition) is 1. The second-order valence-electron chi connectivity index (χ2n) is 8.23. The highest BCUT2D eigenvalue weighted by Crippen LogP contribution is 2.45. The first-order valence-electron chi connectivity index (χ1n) is 8.37. The Bertz CT molecular complexity index is 268. The van der Waals surface area contributed by atoms with Gasteiger partial charge in [0.25, 0.3) is 0 Å². The molecule has 0 aromatic carbocycles. The zero-order valence-electron chi connectivity index (χ0n) is 14.3. The SMILES string of the molecule is CC1(C)CCCCCCCCCC(C)(C)[Si](C)(C)O1. The summed E-state index contributed by atoms with van der Waals surface area (Å²) >= 11 is 0. The third-order valence-electron chi connectivity index (χ3n) is 5.24. The van der Waals surface area contributed by atoms with Gasteiger partial charge in [0.1, 0.15) is 0 Å². The lowest BCUT2D eigenvalue weighted by Gasteiger charge is -2.45. The van der Waals surface area contributed by atoms with E-state index < -0.39 is 8.32 Å². The molecule has 0 N–H and O–H groups in total. The quantitative estimate of drug-likeness (QED) is 0.475. The second kappa shape index (κ2) is 6.75. The van der Waals surface area contributed by atoms with E-state index in [1.807, 2.05) is 0 Å². The van der Waals surface area contributed by atoms with E-state index in [0.29, 0.717) is 5.04 Å². The molecule has 1 rings (SSSR count). The molecule has 114 valence electrons. The Labute approximate surface area is 122 Å². The highest BCUT2D eigenvalue weighted by molar-refractivity contribution is 6.74. The fourth-order valence-corrected chi connectivity index (χ4v) is 5.72. The Kier molecular flexibility index (Phi) is 6.13. The van der Waals surface area contributed by atoms with Crippen LogP contribution in [0.25, 0.3) is 0 Å². The lowest BCUT2D eigenvalue weighted by molar-refractivity contribution is 0.0778. The molecule has 0 radical (unpaired) electrons. The summed E-state index contributed by atoms with van der Waals surface area (Å²) in [6.45, 7) is 14.3. The van der Waals surface area contributed by atoms with Crippen LogP contribution in [-0.2, 0) is 4.43 Å². The van der Waals surface area contributed by atoms with Crippen molar-refractivity contribution in [2.24, 2.45) is 0 Å². The maximum Gasteiger partial charge on any atom is 0.193 e. The molecule has 0 unspecified atom stereocenters. The van der Waals surface area contributed by atoms with Gasteiger partial charge in [-0.25, -0.2) is 0 Å². The first-order chi connectivity index (χ1) is 8.66. The van der Waals surface area contributed by atoms with Crippen LogP contribution in [0.3, 0.4) is 0 Å². The topological polar surface area (TPSA) is 9.23 Å². The molecule has 0 bridgehead atoms. The summed E-state index contributed by atoms with van der Waals surface area (Å²) in [6.07, 6.45) is 12.4. The van der Waals surface area contributed by atoms with Crippen LogP contribution in [0, 0.1) is 0 Å². The Hall–Kier alpha value is 0.177. The van der Waals surface area contributed by atoms with Gasteiger partial charge in [0, 0.05) is 0 Å². The molecule has 2 heteroatoms. The molecule has 19 heavy (non-hydrogen) atoms. The summed E-state index contributed by atoms with van der Waals surface area (Å²) in [6, 6.07) is 0. The largest absolute Gasteiger partial charge is 0.412 e. The molecule has 1 aliphatic heterocycles. The molecule has 0 aromatic rings. The Morgan fingerprint density at radius 1 is 0.684 bits per heavy atom. The van der Waals surface area contributed by atoms with Crippen molar-refractivity contribution in [1.82, 2.24) is 0 Å². The lowest BCUT2D eigenvalue weighted by atomic mass is 9.99. The molecule has 1 aliphatic rings. The van der Waals surface area contributed by atoms with Gasteiger partial charge in [-0.05, 0) is 44.8 Å². The first-order valence-corrected chi connectivity index (χ1v) is 11.3. The summed E-state index contributed by atoms with van der Waals surface area (Å²) in [5.74, 6) is 0. The zero-order valence-corrected chi connectivity index (χ0v) is 15.3. The predicted molar refractivity (Wildman–Crippen MR) is 88.2 cm³/mol. The van der Waals surface area contributed by atoms with Crippen molar-refractivity contribution >= 4 is 8.32 Å². The van der Waals surface area contributed by atoms with Gasteiger partial charge in [-0.1, -0.05) is 58.8 Å². The van der Waals surface area contributed by atoms with Crippen molar-refractivity contribution in [3.8, 4) is 0 Å². The van der Waals surface area contributed by atoms with Crippen LogP contribution in [0.4, 0.5) is 0 Å². The average molecular weight is 285 g/mol. The van der Waals surface area contributed by atoms with Crippen molar-refractivity contribution in [3.63, 3.8) is 0 Å². The summed E-state index contributed by atoms with van der Waals surface area (Å²) in [4.78, 5) is 0.